The fraction of sp³-hybridized carbons (Fsp3) is 0.167. The van der Waals surface area contributed by atoms with E-state index < -0.39 is 0 Å². The van der Waals surface area contributed by atoms with Crippen LogP contribution in [0.3, 0.4) is 0 Å². The van der Waals surface area contributed by atoms with Gasteiger partial charge in [-0.2, -0.15) is 0 Å². The van der Waals surface area contributed by atoms with Crippen molar-refractivity contribution in [3.8, 4) is 11.6 Å². The molecule has 0 amide bonds. The second-order valence-electron chi connectivity index (χ2n) is 5.17. The zero-order valence-electron chi connectivity index (χ0n) is 13.3. The second-order valence-corrected chi connectivity index (χ2v) is 6.48. The average molecular weight is 339 g/mol. The molecule has 2 heterocycles. The molecule has 122 valence electrons. The molecule has 0 radical (unpaired) electrons. The van der Waals surface area contributed by atoms with Crippen LogP contribution in [0.15, 0.2) is 71.0 Å². The van der Waals surface area contributed by atoms with Crippen molar-refractivity contribution < 1.29 is 9.21 Å². The summed E-state index contributed by atoms with van der Waals surface area (Å²) in [6.07, 6.45) is 3.36. The predicted molar refractivity (Wildman–Crippen MR) is 94.0 cm³/mol. The smallest absolute Gasteiger partial charge is 0.200 e. The molecule has 2 aromatic heterocycles. The molecule has 0 N–H and O–H groups in total. The fourth-order valence-corrected chi connectivity index (χ4v) is 3.24. The molecule has 24 heavy (non-hydrogen) atoms. The summed E-state index contributed by atoms with van der Waals surface area (Å²) >= 11 is 1.38. The first kappa shape index (κ1) is 16.3. The molecule has 1 unspecified atom stereocenters. The maximum absolute atomic E-state index is 12.5. The Bertz CT molecular complexity index is 825. The summed E-state index contributed by atoms with van der Waals surface area (Å²) in [6, 6.07) is 12.9. The summed E-state index contributed by atoms with van der Waals surface area (Å²) in [5.41, 5.74) is 0.693. The Balaban J connectivity index is 1.84. The first-order chi connectivity index (χ1) is 11.7. The fourth-order valence-electron chi connectivity index (χ4n) is 2.31. The Hall–Kier alpha value is -2.60. The maximum Gasteiger partial charge on any atom is 0.200 e. The van der Waals surface area contributed by atoms with Gasteiger partial charge in [-0.05, 0) is 19.1 Å². The van der Waals surface area contributed by atoms with E-state index in [4.69, 9.17) is 4.42 Å². The van der Waals surface area contributed by atoms with E-state index in [0.29, 0.717) is 28.8 Å². The molecule has 5 nitrogen and oxygen atoms in total. The van der Waals surface area contributed by atoms with Crippen LogP contribution >= 0.6 is 11.8 Å². The van der Waals surface area contributed by atoms with Crippen molar-refractivity contribution in [2.45, 2.75) is 23.9 Å². The number of benzene rings is 1. The van der Waals surface area contributed by atoms with E-state index in [1.807, 2.05) is 47.9 Å². The average Bonchev–Trinajstić information content (AvgIpc) is 3.26. The van der Waals surface area contributed by atoms with Crippen LogP contribution in [0.1, 0.15) is 17.3 Å². The second kappa shape index (κ2) is 7.31. The van der Waals surface area contributed by atoms with Gasteiger partial charge in [-0.3, -0.25) is 9.36 Å². The van der Waals surface area contributed by atoms with Crippen LogP contribution in [-0.2, 0) is 6.54 Å². The summed E-state index contributed by atoms with van der Waals surface area (Å²) in [4.78, 5) is 12.5. The Morgan fingerprint density at radius 2 is 2.08 bits per heavy atom. The number of nitrogens with zero attached hydrogens (tertiary/aromatic N) is 3. The zero-order chi connectivity index (χ0) is 16.9. The van der Waals surface area contributed by atoms with Crippen LogP contribution in [0.25, 0.3) is 11.6 Å². The van der Waals surface area contributed by atoms with Crippen molar-refractivity contribution >= 4 is 17.5 Å². The number of thioether (sulfide) groups is 1. The minimum absolute atomic E-state index is 0.0632. The highest BCUT2D eigenvalue weighted by atomic mass is 32.2. The van der Waals surface area contributed by atoms with Gasteiger partial charge >= 0.3 is 0 Å². The highest BCUT2D eigenvalue weighted by molar-refractivity contribution is 8.00. The van der Waals surface area contributed by atoms with Crippen LogP contribution in [0, 0.1) is 0 Å². The number of rotatable bonds is 7. The molecule has 0 saturated carbocycles. The van der Waals surface area contributed by atoms with E-state index in [1.54, 1.807) is 18.4 Å². The number of carbonyl (C=O) groups excluding carboxylic acids is 1. The van der Waals surface area contributed by atoms with Crippen LogP contribution in [0.5, 0.6) is 0 Å². The highest BCUT2D eigenvalue weighted by Gasteiger charge is 2.22. The van der Waals surface area contributed by atoms with E-state index in [1.165, 1.54) is 11.8 Å². The first-order valence-electron chi connectivity index (χ1n) is 7.54. The molecule has 3 aromatic rings. The van der Waals surface area contributed by atoms with Gasteiger partial charge in [-0.25, -0.2) is 0 Å². The van der Waals surface area contributed by atoms with Gasteiger partial charge < -0.3 is 4.42 Å². The van der Waals surface area contributed by atoms with Crippen LogP contribution in [-0.4, -0.2) is 25.8 Å². The van der Waals surface area contributed by atoms with Crippen molar-refractivity contribution in [1.82, 2.24) is 14.8 Å². The minimum atomic E-state index is -0.274. The number of allylic oxidation sites excluding steroid dienone is 1. The summed E-state index contributed by atoms with van der Waals surface area (Å²) in [5.74, 6) is 1.33. The quantitative estimate of drug-likeness (QED) is 0.369. The Kier molecular flexibility index (Phi) is 4.96. The van der Waals surface area contributed by atoms with Gasteiger partial charge in [0.1, 0.15) is 0 Å². The Morgan fingerprint density at radius 1 is 1.29 bits per heavy atom. The molecule has 0 saturated heterocycles. The number of hydrogen-bond acceptors (Lipinski definition) is 5. The van der Waals surface area contributed by atoms with Crippen molar-refractivity contribution in [2.24, 2.45) is 0 Å². The van der Waals surface area contributed by atoms with Gasteiger partial charge in [-0.1, -0.05) is 48.2 Å². The molecule has 0 fully saturated rings. The molecule has 3 rings (SSSR count). The topological polar surface area (TPSA) is 60.9 Å². The lowest BCUT2D eigenvalue weighted by Crippen LogP contribution is -2.14. The van der Waals surface area contributed by atoms with Gasteiger partial charge in [0.2, 0.25) is 5.82 Å². The molecule has 1 aromatic carbocycles. The Morgan fingerprint density at radius 3 is 2.75 bits per heavy atom. The lowest BCUT2D eigenvalue weighted by Gasteiger charge is -2.11. The first-order valence-corrected chi connectivity index (χ1v) is 8.42. The molecule has 0 aliphatic carbocycles. The summed E-state index contributed by atoms with van der Waals surface area (Å²) in [7, 11) is 0. The normalized spacial score (nSPS) is 12.0. The van der Waals surface area contributed by atoms with E-state index in [2.05, 4.69) is 16.8 Å². The molecule has 1 atom stereocenters. The lowest BCUT2D eigenvalue weighted by atomic mass is 10.1. The van der Waals surface area contributed by atoms with Gasteiger partial charge in [0.15, 0.2) is 16.7 Å². The summed E-state index contributed by atoms with van der Waals surface area (Å²) < 4.78 is 7.30. The highest BCUT2D eigenvalue weighted by Crippen LogP contribution is 2.28. The van der Waals surface area contributed by atoms with E-state index >= 15 is 0 Å². The van der Waals surface area contributed by atoms with Crippen molar-refractivity contribution in [1.29, 1.82) is 0 Å². The molecular weight excluding hydrogens is 322 g/mol. The molecule has 6 heteroatoms. The number of hydrogen-bond donors (Lipinski definition) is 0. The van der Waals surface area contributed by atoms with Crippen molar-refractivity contribution in [2.75, 3.05) is 0 Å². The van der Waals surface area contributed by atoms with Crippen LogP contribution in [0.4, 0.5) is 0 Å². The molecule has 0 aliphatic rings. The summed E-state index contributed by atoms with van der Waals surface area (Å²) in [5, 5.41) is 8.82. The van der Waals surface area contributed by atoms with E-state index in [0.717, 1.165) is 0 Å². The zero-order valence-corrected chi connectivity index (χ0v) is 14.1. The van der Waals surface area contributed by atoms with Crippen molar-refractivity contribution in [3.05, 3.63) is 66.9 Å². The molecular formula is C18H17N3O2S. The minimum Gasteiger partial charge on any atom is -0.461 e. The largest absolute Gasteiger partial charge is 0.461 e. The van der Waals surface area contributed by atoms with E-state index in [-0.39, 0.29) is 11.0 Å². The number of furan rings is 1. The molecule has 0 bridgehead atoms. The lowest BCUT2D eigenvalue weighted by molar-refractivity contribution is 0.0994. The number of Topliss-reactive ketones (excluding diaryl/α,β-unsaturated/α-hetero) is 1. The molecule has 0 aliphatic heterocycles. The van der Waals surface area contributed by atoms with E-state index in [9.17, 15) is 4.79 Å². The molecule has 0 spiro atoms. The van der Waals surface area contributed by atoms with Crippen molar-refractivity contribution in [3.63, 3.8) is 0 Å². The van der Waals surface area contributed by atoms with Gasteiger partial charge in [-0.15, -0.1) is 16.8 Å². The number of aromatic nitrogens is 3. The Labute approximate surface area is 144 Å². The van der Waals surface area contributed by atoms with Gasteiger partial charge in [0.25, 0.3) is 0 Å². The van der Waals surface area contributed by atoms with Crippen LogP contribution in [0.2, 0.25) is 0 Å². The van der Waals surface area contributed by atoms with Gasteiger partial charge in [0.05, 0.1) is 11.5 Å². The third-order valence-corrected chi connectivity index (χ3v) is 4.56. The third-order valence-electron chi connectivity index (χ3n) is 3.48. The SMILES string of the molecule is C=CCn1c(SC(C)C(=O)c2ccccc2)nnc1-c1ccco1. The monoisotopic (exact) mass is 339 g/mol. The van der Waals surface area contributed by atoms with Crippen LogP contribution < -0.4 is 0 Å². The predicted octanol–water partition coefficient (Wildman–Crippen LogP) is 4.09. The number of carbonyl (C=O) groups is 1. The third kappa shape index (κ3) is 3.33. The van der Waals surface area contributed by atoms with Gasteiger partial charge in [0, 0.05) is 12.1 Å². The summed E-state index contributed by atoms with van der Waals surface area (Å²) in [6.45, 7) is 6.19. The maximum atomic E-state index is 12.5. The standard InChI is InChI=1S/C18H17N3O2S/c1-3-11-21-17(15-10-7-12-23-15)19-20-18(21)24-13(2)16(22)14-8-5-4-6-9-14/h3-10,12-13H,1,11H2,2H3. The number of ketones is 1.